The van der Waals surface area contributed by atoms with E-state index in [2.05, 4.69) is 15.5 Å². The number of nitrogens with zero attached hydrogens (tertiary/aromatic N) is 2. The summed E-state index contributed by atoms with van der Waals surface area (Å²) >= 11 is 0. The van der Waals surface area contributed by atoms with Crippen LogP contribution in [0.4, 0.5) is 11.4 Å². The second-order valence-corrected chi connectivity index (χ2v) is 6.62. The lowest BCUT2D eigenvalue weighted by atomic mass is 9.96. The van der Waals surface area contributed by atoms with Gasteiger partial charge in [0.05, 0.1) is 18.5 Å². The average molecular weight is 369 g/mol. The van der Waals surface area contributed by atoms with Gasteiger partial charge in [-0.2, -0.15) is 4.98 Å². The van der Waals surface area contributed by atoms with E-state index >= 15 is 0 Å². The van der Waals surface area contributed by atoms with E-state index in [1.807, 2.05) is 20.8 Å². The van der Waals surface area contributed by atoms with Crippen molar-refractivity contribution >= 4 is 29.7 Å². The molecule has 1 amide bonds. The largest absolute Gasteiger partial charge is 0.497 e. The maximum atomic E-state index is 12.0. The molecule has 7 nitrogen and oxygen atoms in total. The molecule has 8 heteroatoms. The van der Waals surface area contributed by atoms with E-state index in [0.29, 0.717) is 48.1 Å². The molecule has 0 spiro atoms. The molecule has 0 unspecified atom stereocenters. The number of carbonyl (C=O) groups excluding carboxylic acids is 1. The third-order valence-corrected chi connectivity index (χ3v) is 3.47. The number of ether oxygens (including phenoxy) is 1. The van der Waals surface area contributed by atoms with E-state index < -0.39 is 0 Å². The van der Waals surface area contributed by atoms with Crippen molar-refractivity contribution in [3.05, 3.63) is 29.9 Å². The highest BCUT2D eigenvalue weighted by atomic mass is 35.5. The standard InChI is InChI=1S/C17H24N4O3.ClH/c1-17(2,3)16-20-15(24-21-16)7-5-6-14(22)19-13-10-11(23-4)8-9-12(13)18;/h8-10H,5-7,18H2,1-4H3,(H,19,22);1H. The molecule has 25 heavy (non-hydrogen) atoms. The molecule has 2 aromatic rings. The van der Waals surface area contributed by atoms with Gasteiger partial charge < -0.3 is 20.3 Å². The highest BCUT2D eigenvalue weighted by molar-refractivity contribution is 5.94. The SMILES string of the molecule is COc1ccc(N)c(NC(=O)CCCc2nc(C(C)(C)C)no2)c1.Cl. The molecule has 1 aromatic carbocycles. The van der Waals surface area contributed by atoms with Gasteiger partial charge in [-0.15, -0.1) is 12.4 Å². The van der Waals surface area contributed by atoms with Gasteiger partial charge in [0.15, 0.2) is 5.82 Å². The lowest BCUT2D eigenvalue weighted by Crippen LogP contribution is -2.14. The van der Waals surface area contributed by atoms with Gasteiger partial charge in [0, 0.05) is 24.3 Å². The Morgan fingerprint density at radius 2 is 2.08 bits per heavy atom. The van der Waals surface area contributed by atoms with Gasteiger partial charge in [-0.25, -0.2) is 0 Å². The number of amides is 1. The van der Waals surface area contributed by atoms with Crippen molar-refractivity contribution in [1.82, 2.24) is 10.1 Å². The zero-order chi connectivity index (χ0) is 17.7. The van der Waals surface area contributed by atoms with E-state index in [0.717, 1.165) is 0 Å². The highest BCUT2D eigenvalue weighted by Crippen LogP contribution is 2.24. The molecule has 138 valence electrons. The van der Waals surface area contributed by atoms with Crippen LogP contribution in [-0.4, -0.2) is 23.2 Å². The monoisotopic (exact) mass is 368 g/mol. The van der Waals surface area contributed by atoms with Crippen LogP contribution in [0.5, 0.6) is 5.75 Å². The number of rotatable bonds is 6. The zero-order valence-corrected chi connectivity index (χ0v) is 15.8. The normalized spacial score (nSPS) is 10.9. The Hall–Kier alpha value is -2.28. The predicted octanol–water partition coefficient (Wildman–Crippen LogP) is 3.34. The Kier molecular flexibility index (Phi) is 7.23. The smallest absolute Gasteiger partial charge is 0.226 e. The van der Waals surface area contributed by atoms with Gasteiger partial charge in [0.2, 0.25) is 11.8 Å². The summed E-state index contributed by atoms with van der Waals surface area (Å²) in [5.41, 5.74) is 6.75. The minimum Gasteiger partial charge on any atom is -0.497 e. The number of anilines is 2. The van der Waals surface area contributed by atoms with Crippen molar-refractivity contribution < 1.29 is 14.1 Å². The number of nitrogen functional groups attached to an aromatic ring is 1. The molecule has 3 N–H and O–H groups in total. The Balaban J connectivity index is 0.00000312. The van der Waals surface area contributed by atoms with Crippen LogP contribution in [0, 0.1) is 0 Å². The van der Waals surface area contributed by atoms with Gasteiger partial charge in [0.1, 0.15) is 5.75 Å². The third kappa shape index (κ3) is 5.94. The van der Waals surface area contributed by atoms with Crippen molar-refractivity contribution in [2.45, 2.75) is 45.4 Å². The second kappa shape index (κ2) is 8.71. The lowest BCUT2D eigenvalue weighted by Gasteiger charge is -2.10. The van der Waals surface area contributed by atoms with E-state index in [1.165, 1.54) is 0 Å². The zero-order valence-electron chi connectivity index (χ0n) is 15.0. The molecule has 0 aliphatic rings. The third-order valence-electron chi connectivity index (χ3n) is 3.47. The van der Waals surface area contributed by atoms with Crippen molar-refractivity contribution in [2.75, 3.05) is 18.2 Å². The summed E-state index contributed by atoms with van der Waals surface area (Å²) in [6, 6.07) is 5.13. The average Bonchev–Trinajstić information content (AvgIpc) is 2.98. The summed E-state index contributed by atoms with van der Waals surface area (Å²) < 4.78 is 10.3. The van der Waals surface area contributed by atoms with Gasteiger partial charge in [-0.05, 0) is 18.6 Å². The number of nitrogens with two attached hydrogens (primary N) is 1. The maximum Gasteiger partial charge on any atom is 0.226 e. The Morgan fingerprint density at radius 3 is 2.68 bits per heavy atom. The Morgan fingerprint density at radius 1 is 1.36 bits per heavy atom. The van der Waals surface area contributed by atoms with Crippen LogP contribution in [0.25, 0.3) is 0 Å². The number of hydrogen-bond acceptors (Lipinski definition) is 6. The molecule has 2 rings (SSSR count). The maximum absolute atomic E-state index is 12.0. The summed E-state index contributed by atoms with van der Waals surface area (Å²) in [5, 5.41) is 6.76. The summed E-state index contributed by atoms with van der Waals surface area (Å²) in [6.07, 6.45) is 1.51. The van der Waals surface area contributed by atoms with Gasteiger partial charge in [-0.1, -0.05) is 25.9 Å². The van der Waals surface area contributed by atoms with Crippen molar-refractivity contribution in [2.24, 2.45) is 0 Å². The predicted molar refractivity (Wildman–Crippen MR) is 99.2 cm³/mol. The first-order chi connectivity index (χ1) is 11.3. The molecule has 1 heterocycles. The van der Waals surface area contributed by atoms with Crippen LogP contribution in [0.3, 0.4) is 0 Å². The number of benzene rings is 1. The van der Waals surface area contributed by atoms with Crippen molar-refractivity contribution in [1.29, 1.82) is 0 Å². The molecule has 0 aliphatic heterocycles. The van der Waals surface area contributed by atoms with E-state index in [-0.39, 0.29) is 23.7 Å². The van der Waals surface area contributed by atoms with Crippen LogP contribution >= 0.6 is 12.4 Å². The molecule has 0 saturated heterocycles. The topological polar surface area (TPSA) is 103 Å². The number of carbonyl (C=O) groups is 1. The van der Waals surface area contributed by atoms with Crippen LogP contribution in [0.2, 0.25) is 0 Å². The van der Waals surface area contributed by atoms with E-state index in [4.69, 9.17) is 15.0 Å². The number of aromatic nitrogens is 2. The second-order valence-electron chi connectivity index (χ2n) is 6.62. The summed E-state index contributed by atoms with van der Waals surface area (Å²) in [5.74, 6) is 1.74. The van der Waals surface area contributed by atoms with Crippen LogP contribution in [0.1, 0.15) is 45.3 Å². The van der Waals surface area contributed by atoms with Gasteiger partial charge >= 0.3 is 0 Å². The van der Waals surface area contributed by atoms with Gasteiger partial charge in [0.25, 0.3) is 0 Å². The minimum atomic E-state index is -0.150. The molecular weight excluding hydrogens is 344 g/mol. The first-order valence-corrected chi connectivity index (χ1v) is 7.86. The lowest BCUT2D eigenvalue weighted by molar-refractivity contribution is -0.116. The summed E-state index contributed by atoms with van der Waals surface area (Å²) in [4.78, 5) is 16.4. The van der Waals surface area contributed by atoms with E-state index in [1.54, 1.807) is 25.3 Å². The Bertz CT molecular complexity index is 710. The molecule has 0 radical (unpaired) electrons. The van der Waals surface area contributed by atoms with Crippen molar-refractivity contribution in [3.8, 4) is 5.75 Å². The molecule has 0 aliphatic carbocycles. The number of nitrogens with one attached hydrogen (secondary N) is 1. The van der Waals surface area contributed by atoms with Crippen LogP contribution in [0.15, 0.2) is 22.7 Å². The fraction of sp³-hybridized carbons (Fsp3) is 0.471. The molecule has 0 atom stereocenters. The fourth-order valence-electron chi connectivity index (χ4n) is 2.04. The minimum absolute atomic E-state index is 0. The first-order valence-electron chi connectivity index (χ1n) is 7.86. The van der Waals surface area contributed by atoms with E-state index in [9.17, 15) is 4.79 Å². The van der Waals surface area contributed by atoms with Crippen LogP contribution in [-0.2, 0) is 16.6 Å². The fourth-order valence-corrected chi connectivity index (χ4v) is 2.04. The Labute approximate surface area is 153 Å². The quantitative estimate of drug-likeness (QED) is 0.758. The number of aryl methyl sites for hydroxylation is 1. The molecule has 0 bridgehead atoms. The molecular formula is C17H25ClN4O3. The summed E-state index contributed by atoms with van der Waals surface area (Å²) in [6.45, 7) is 6.06. The number of halogens is 1. The molecule has 1 aromatic heterocycles. The summed E-state index contributed by atoms with van der Waals surface area (Å²) in [7, 11) is 1.56. The first kappa shape index (κ1) is 20.8. The van der Waals surface area contributed by atoms with Gasteiger partial charge in [-0.3, -0.25) is 4.79 Å². The number of methoxy groups -OCH3 is 1. The highest BCUT2D eigenvalue weighted by Gasteiger charge is 2.20. The number of hydrogen-bond donors (Lipinski definition) is 2. The molecule has 0 saturated carbocycles. The van der Waals surface area contributed by atoms with Crippen molar-refractivity contribution in [3.63, 3.8) is 0 Å². The molecule has 0 fully saturated rings. The van der Waals surface area contributed by atoms with Crippen LogP contribution < -0.4 is 15.8 Å².